The molecule has 0 fully saturated rings. The minimum atomic E-state index is -0.256. The van der Waals surface area contributed by atoms with Crippen molar-refractivity contribution in [3.63, 3.8) is 0 Å². The number of amides is 1. The van der Waals surface area contributed by atoms with Gasteiger partial charge in [-0.15, -0.1) is 11.3 Å². The predicted octanol–water partition coefficient (Wildman–Crippen LogP) is 2.50. The molecule has 0 spiro atoms. The Morgan fingerprint density at radius 2 is 2.10 bits per heavy atom. The summed E-state index contributed by atoms with van der Waals surface area (Å²) >= 11 is 1.57. The van der Waals surface area contributed by atoms with Gasteiger partial charge in [-0.1, -0.05) is 30.3 Å². The molecular formula is C15H19N3OS. The van der Waals surface area contributed by atoms with Crippen LogP contribution in [-0.4, -0.2) is 22.8 Å². The molecule has 2 N–H and O–H groups in total. The summed E-state index contributed by atoms with van der Waals surface area (Å²) < 4.78 is 0. The highest BCUT2D eigenvalue weighted by Crippen LogP contribution is 2.17. The Morgan fingerprint density at radius 1 is 1.40 bits per heavy atom. The molecule has 1 amide bonds. The molecule has 0 aliphatic rings. The SMILES string of the molecule is Cc1ncsc1CN(C)C(=O)CC(N)c1ccccc1. The van der Waals surface area contributed by atoms with Crippen LogP contribution in [0.3, 0.4) is 0 Å². The maximum Gasteiger partial charge on any atom is 0.224 e. The zero-order valence-electron chi connectivity index (χ0n) is 11.7. The van der Waals surface area contributed by atoms with E-state index in [-0.39, 0.29) is 11.9 Å². The molecule has 20 heavy (non-hydrogen) atoms. The largest absolute Gasteiger partial charge is 0.340 e. The number of rotatable bonds is 5. The Bertz CT molecular complexity index is 568. The third-order valence-electron chi connectivity index (χ3n) is 3.27. The fourth-order valence-electron chi connectivity index (χ4n) is 1.94. The Balaban J connectivity index is 1.93. The molecule has 4 nitrogen and oxygen atoms in total. The summed E-state index contributed by atoms with van der Waals surface area (Å²) in [6.07, 6.45) is 0.318. The minimum Gasteiger partial charge on any atom is -0.340 e. The first-order valence-corrected chi connectivity index (χ1v) is 7.39. The summed E-state index contributed by atoms with van der Waals surface area (Å²) in [4.78, 5) is 19.2. The lowest BCUT2D eigenvalue weighted by atomic mass is 10.0. The molecule has 1 aromatic carbocycles. The molecule has 1 unspecified atom stereocenters. The van der Waals surface area contributed by atoms with Crippen molar-refractivity contribution in [3.8, 4) is 0 Å². The summed E-state index contributed by atoms with van der Waals surface area (Å²) in [5.74, 6) is 0.0501. The molecule has 0 radical (unpaired) electrons. The van der Waals surface area contributed by atoms with E-state index in [9.17, 15) is 4.79 Å². The van der Waals surface area contributed by atoms with Crippen molar-refractivity contribution in [2.45, 2.75) is 25.9 Å². The van der Waals surface area contributed by atoms with Gasteiger partial charge in [0.25, 0.3) is 0 Å². The third kappa shape index (κ3) is 3.65. The lowest BCUT2D eigenvalue weighted by molar-refractivity contribution is -0.130. The Labute approximate surface area is 123 Å². The molecule has 0 bridgehead atoms. The van der Waals surface area contributed by atoms with E-state index in [2.05, 4.69) is 4.98 Å². The van der Waals surface area contributed by atoms with Crippen LogP contribution in [0.15, 0.2) is 35.8 Å². The highest BCUT2D eigenvalue weighted by molar-refractivity contribution is 7.09. The number of thiazole rings is 1. The van der Waals surface area contributed by atoms with E-state index in [1.807, 2.05) is 37.3 Å². The zero-order chi connectivity index (χ0) is 14.5. The Morgan fingerprint density at radius 3 is 2.70 bits per heavy atom. The van der Waals surface area contributed by atoms with Gasteiger partial charge in [-0.05, 0) is 12.5 Å². The molecule has 1 heterocycles. The van der Waals surface area contributed by atoms with E-state index in [1.54, 1.807) is 28.8 Å². The molecular weight excluding hydrogens is 270 g/mol. The van der Waals surface area contributed by atoms with Crippen molar-refractivity contribution >= 4 is 17.2 Å². The second kappa shape index (κ2) is 6.63. The lowest BCUT2D eigenvalue weighted by Gasteiger charge is -2.19. The van der Waals surface area contributed by atoms with Crippen LogP contribution in [0, 0.1) is 6.92 Å². The summed E-state index contributed by atoms with van der Waals surface area (Å²) in [6.45, 7) is 2.55. The first-order chi connectivity index (χ1) is 9.58. The van der Waals surface area contributed by atoms with Gasteiger partial charge >= 0.3 is 0 Å². The standard InChI is InChI=1S/C15H19N3OS/c1-11-14(20-10-17-11)9-18(2)15(19)8-13(16)12-6-4-3-5-7-12/h3-7,10,13H,8-9,16H2,1-2H3. The fourth-order valence-corrected chi connectivity index (χ4v) is 2.77. The van der Waals surface area contributed by atoms with E-state index in [0.29, 0.717) is 13.0 Å². The van der Waals surface area contributed by atoms with Crippen LogP contribution in [0.1, 0.15) is 28.6 Å². The summed E-state index contributed by atoms with van der Waals surface area (Å²) in [7, 11) is 1.80. The van der Waals surface area contributed by atoms with Crippen LogP contribution >= 0.6 is 11.3 Å². The zero-order valence-corrected chi connectivity index (χ0v) is 12.6. The van der Waals surface area contributed by atoms with Crippen molar-refractivity contribution in [3.05, 3.63) is 52.0 Å². The average molecular weight is 289 g/mol. The van der Waals surface area contributed by atoms with Crippen molar-refractivity contribution in [2.24, 2.45) is 5.73 Å². The molecule has 2 rings (SSSR count). The van der Waals surface area contributed by atoms with E-state index in [1.165, 1.54) is 0 Å². The maximum atomic E-state index is 12.2. The predicted molar refractivity (Wildman–Crippen MR) is 81.3 cm³/mol. The Kier molecular flexibility index (Phi) is 4.87. The van der Waals surface area contributed by atoms with Crippen molar-refractivity contribution in [2.75, 3.05) is 7.05 Å². The van der Waals surface area contributed by atoms with Crippen molar-refractivity contribution in [1.29, 1.82) is 0 Å². The molecule has 5 heteroatoms. The molecule has 1 atom stereocenters. The number of hydrogen-bond donors (Lipinski definition) is 1. The molecule has 106 valence electrons. The quantitative estimate of drug-likeness (QED) is 0.920. The van der Waals surface area contributed by atoms with Gasteiger partial charge < -0.3 is 10.6 Å². The monoisotopic (exact) mass is 289 g/mol. The summed E-state index contributed by atoms with van der Waals surface area (Å²) in [5.41, 5.74) is 9.86. The molecule has 0 saturated carbocycles. The van der Waals surface area contributed by atoms with Crippen LogP contribution in [0.4, 0.5) is 0 Å². The molecule has 2 aromatic rings. The van der Waals surface area contributed by atoms with E-state index < -0.39 is 0 Å². The van der Waals surface area contributed by atoms with Crippen molar-refractivity contribution in [1.82, 2.24) is 9.88 Å². The highest BCUT2D eigenvalue weighted by Gasteiger charge is 2.16. The number of nitrogens with two attached hydrogens (primary N) is 1. The number of aromatic nitrogens is 1. The highest BCUT2D eigenvalue weighted by atomic mass is 32.1. The van der Waals surface area contributed by atoms with Crippen molar-refractivity contribution < 1.29 is 4.79 Å². The topological polar surface area (TPSA) is 59.2 Å². The number of carbonyl (C=O) groups is 1. The van der Waals surface area contributed by atoms with E-state index >= 15 is 0 Å². The molecule has 0 aliphatic carbocycles. The second-order valence-corrected chi connectivity index (χ2v) is 5.77. The van der Waals surface area contributed by atoms with Crippen LogP contribution in [0.5, 0.6) is 0 Å². The van der Waals surface area contributed by atoms with Crippen LogP contribution in [0.2, 0.25) is 0 Å². The second-order valence-electron chi connectivity index (χ2n) is 4.83. The summed E-state index contributed by atoms with van der Waals surface area (Å²) in [6, 6.07) is 9.45. The number of aryl methyl sites for hydroxylation is 1. The van der Waals surface area contributed by atoms with Gasteiger partial charge in [0.2, 0.25) is 5.91 Å². The molecule has 0 saturated heterocycles. The number of benzene rings is 1. The Hall–Kier alpha value is -1.72. The van der Waals surface area contributed by atoms with Gasteiger partial charge in [0.05, 0.1) is 17.7 Å². The number of hydrogen-bond acceptors (Lipinski definition) is 4. The van der Waals surface area contributed by atoms with Gasteiger partial charge in [0.15, 0.2) is 0 Å². The smallest absolute Gasteiger partial charge is 0.224 e. The van der Waals surface area contributed by atoms with Crippen LogP contribution in [0.25, 0.3) is 0 Å². The normalized spacial score (nSPS) is 12.2. The summed E-state index contributed by atoms with van der Waals surface area (Å²) in [5, 5.41) is 0. The molecule has 0 aliphatic heterocycles. The van der Waals surface area contributed by atoms with E-state index in [0.717, 1.165) is 16.1 Å². The number of nitrogens with zero attached hydrogens (tertiary/aromatic N) is 2. The average Bonchev–Trinajstić information content (AvgIpc) is 2.85. The van der Waals surface area contributed by atoms with E-state index in [4.69, 9.17) is 5.73 Å². The minimum absolute atomic E-state index is 0.0501. The first-order valence-electron chi connectivity index (χ1n) is 6.51. The fraction of sp³-hybridized carbons (Fsp3) is 0.333. The third-order valence-corrected chi connectivity index (χ3v) is 4.19. The molecule has 1 aromatic heterocycles. The van der Waals surface area contributed by atoms with Gasteiger partial charge in [0.1, 0.15) is 0 Å². The van der Waals surface area contributed by atoms with Crippen LogP contribution < -0.4 is 5.73 Å². The van der Waals surface area contributed by atoms with Gasteiger partial charge in [-0.2, -0.15) is 0 Å². The number of carbonyl (C=O) groups excluding carboxylic acids is 1. The van der Waals surface area contributed by atoms with Crippen LogP contribution in [-0.2, 0) is 11.3 Å². The van der Waals surface area contributed by atoms with Gasteiger partial charge in [-0.3, -0.25) is 4.79 Å². The van der Waals surface area contributed by atoms with Gasteiger partial charge in [0, 0.05) is 24.4 Å². The maximum absolute atomic E-state index is 12.2. The lowest BCUT2D eigenvalue weighted by Crippen LogP contribution is -2.29. The van der Waals surface area contributed by atoms with Gasteiger partial charge in [-0.25, -0.2) is 4.98 Å². The first kappa shape index (κ1) is 14.7.